The Bertz CT molecular complexity index is 1080. The minimum Gasteiger partial charge on any atom is -0.448 e. The molecule has 8 heteroatoms. The molecule has 1 unspecified atom stereocenters. The lowest BCUT2D eigenvalue weighted by Gasteiger charge is -2.30. The van der Waals surface area contributed by atoms with Gasteiger partial charge in [-0.3, -0.25) is 4.79 Å². The molecule has 0 saturated heterocycles. The van der Waals surface area contributed by atoms with E-state index in [-0.39, 0.29) is 10.9 Å². The largest absolute Gasteiger partial charge is 0.448 e. The average Bonchev–Trinajstić information content (AvgIpc) is 2.79. The fourth-order valence-corrected chi connectivity index (χ4v) is 5.63. The monoisotopic (exact) mass is 442 g/mol. The van der Waals surface area contributed by atoms with E-state index >= 15 is 0 Å². The summed E-state index contributed by atoms with van der Waals surface area (Å²) in [6.07, 6.45) is 4.38. The van der Waals surface area contributed by atoms with E-state index in [1.807, 2.05) is 6.07 Å². The van der Waals surface area contributed by atoms with Crippen LogP contribution in [0.2, 0.25) is 0 Å². The number of amides is 1. The molecule has 1 heterocycles. The molecule has 1 saturated carbocycles. The zero-order valence-electron chi connectivity index (χ0n) is 17.4. The molecule has 0 bridgehead atoms. The second-order valence-electron chi connectivity index (χ2n) is 8.08. The first-order valence-corrected chi connectivity index (χ1v) is 12.0. The van der Waals surface area contributed by atoms with E-state index in [0.29, 0.717) is 17.7 Å². The van der Waals surface area contributed by atoms with Crippen molar-refractivity contribution in [1.29, 1.82) is 0 Å². The number of rotatable bonds is 5. The third-order valence-corrected chi connectivity index (χ3v) is 8.00. The number of nitrogens with zero attached hydrogens (tertiary/aromatic N) is 1. The summed E-state index contributed by atoms with van der Waals surface area (Å²) in [5, 5.41) is 2.71. The van der Waals surface area contributed by atoms with Crippen molar-refractivity contribution in [3.8, 4) is 0 Å². The van der Waals surface area contributed by atoms with Crippen LogP contribution in [-0.2, 0) is 26.0 Å². The number of sulfonamides is 1. The van der Waals surface area contributed by atoms with Gasteiger partial charge in [0, 0.05) is 25.2 Å². The van der Waals surface area contributed by atoms with Gasteiger partial charge in [-0.1, -0.05) is 37.5 Å². The van der Waals surface area contributed by atoms with Gasteiger partial charge >= 0.3 is 5.97 Å². The number of hydrogen-bond acceptors (Lipinski definition) is 5. The maximum Gasteiger partial charge on any atom is 0.339 e. The molecule has 2 aromatic rings. The molecular weight excluding hydrogens is 416 g/mol. The SMILES string of the molecule is CN(C1CCCCC1)S(=O)(=O)c1ccc(NC(=O)C2Cc3ccccc3C(=O)O2)cc1. The zero-order chi connectivity index (χ0) is 22.0. The van der Waals surface area contributed by atoms with Crippen LogP contribution in [0.3, 0.4) is 0 Å². The average molecular weight is 443 g/mol. The van der Waals surface area contributed by atoms with Gasteiger partial charge in [0.1, 0.15) is 0 Å². The normalized spacial score (nSPS) is 19.5. The lowest BCUT2D eigenvalue weighted by atomic mass is 9.96. The molecule has 1 atom stereocenters. The molecule has 7 nitrogen and oxygen atoms in total. The van der Waals surface area contributed by atoms with Gasteiger partial charge in [0.25, 0.3) is 5.91 Å². The molecule has 2 aliphatic rings. The number of fused-ring (bicyclic) bond motifs is 1. The van der Waals surface area contributed by atoms with E-state index in [1.165, 1.54) is 16.4 Å². The van der Waals surface area contributed by atoms with Crippen LogP contribution in [0.1, 0.15) is 48.0 Å². The molecule has 1 fully saturated rings. The Balaban J connectivity index is 1.43. The number of carbonyl (C=O) groups excluding carboxylic acids is 2. The Kier molecular flexibility index (Phi) is 6.11. The summed E-state index contributed by atoms with van der Waals surface area (Å²) >= 11 is 0. The van der Waals surface area contributed by atoms with Crippen molar-refractivity contribution in [3.63, 3.8) is 0 Å². The lowest BCUT2D eigenvalue weighted by Crippen LogP contribution is -2.38. The number of esters is 1. The summed E-state index contributed by atoms with van der Waals surface area (Å²) in [5.41, 5.74) is 1.69. The van der Waals surface area contributed by atoms with E-state index in [0.717, 1.165) is 37.7 Å². The summed E-state index contributed by atoms with van der Waals surface area (Å²) in [6, 6.07) is 13.2. The van der Waals surface area contributed by atoms with E-state index in [1.54, 1.807) is 37.4 Å². The standard InChI is InChI=1S/C23H26N2O5S/c1-25(18-8-3-2-4-9-18)31(28,29)19-13-11-17(12-14-19)24-22(26)21-15-16-7-5-6-10-20(16)23(27)30-21/h5-7,10-14,18,21H,2-4,8-9,15H2,1H3,(H,24,26). The van der Waals surface area contributed by atoms with Crippen molar-refractivity contribution in [1.82, 2.24) is 4.31 Å². The van der Waals surface area contributed by atoms with Crippen LogP contribution in [0.15, 0.2) is 53.4 Å². The Morgan fingerprint density at radius 2 is 1.71 bits per heavy atom. The lowest BCUT2D eigenvalue weighted by molar-refractivity contribution is -0.125. The van der Waals surface area contributed by atoms with Crippen molar-refractivity contribution >= 4 is 27.6 Å². The molecule has 0 radical (unpaired) electrons. The molecular formula is C23H26N2O5S. The fourth-order valence-electron chi connectivity index (χ4n) is 4.22. The van der Waals surface area contributed by atoms with Crippen LogP contribution in [0, 0.1) is 0 Å². The van der Waals surface area contributed by atoms with Crippen molar-refractivity contribution < 1.29 is 22.7 Å². The molecule has 31 heavy (non-hydrogen) atoms. The fraction of sp³-hybridized carbons (Fsp3) is 0.391. The summed E-state index contributed by atoms with van der Waals surface area (Å²) in [4.78, 5) is 24.9. The number of cyclic esters (lactones) is 1. The summed E-state index contributed by atoms with van der Waals surface area (Å²) in [5.74, 6) is -0.966. The quantitative estimate of drug-likeness (QED) is 0.717. The van der Waals surface area contributed by atoms with Gasteiger partial charge in [0.2, 0.25) is 10.0 Å². The Labute approximate surface area is 182 Å². The highest BCUT2D eigenvalue weighted by Gasteiger charge is 2.32. The Morgan fingerprint density at radius 3 is 2.42 bits per heavy atom. The first kappa shape index (κ1) is 21.5. The number of hydrogen-bond donors (Lipinski definition) is 1. The summed E-state index contributed by atoms with van der Waals surface area (Å²) in [7, 11) is -1.96. The highest BCUT2D eigenvalue weighted by Crippen LogP contribution is 2.27. The Morgan fingerprint density at radius 1 is 1.03 bits per heavy atom. The van der Waals surface area contributed by atoms with Crippen molar-refractivity contribution in [2.75, 3.05) is 12.4 Å². The van der Waals surface area contributed by atoms with E-state index in [2.05, 4.69) is 5.32 Å². The molecule has 0 aromatic heterocycles. The maximum atomic E-state index is 12.9. The molecule has 164 valence electrons. The predicted molar refractivity (Wildman–Crippen MR) is 116 cm³/mol. The zero-order valence-corrected chi connectivity index (χ0v) is 18.2. The molecule has 0 spiro atoms. The van der Waals surface area contributed by atoms with Gasteiger partial charge in [-0.25, -0.2) is 13.2 Å². The molecule has 1 aliphatic heterocycles. The third-order valence-electron chi connectivity index (χ3n) is 6.07. The summed E-state index contributed by atoms with van der Waals surface area (Å²) < 4.78 is 32.6. The van der Waals surface area contributed by atoms with E-state index in [4.69, 9.17) is 4.74 Å². The highest BCUT2D eigenvalue weighted by molar-refractivity contribution is 7.89. The minimum atomic E-state index is -3.59. The molecule has 1 aliphatic carbocycles. The first-order chi connectivity index (χ1) is 14.9. The predicted octanol–water partition coefficient (Wildman–Crippen LogP) is 3.36. The van der Waals surface area contributed by atoms with E-state index < -0.39 is 28.0 Å². The van der Waals surface area contributed by atoms with Crippen LogP contribution in [0.25, 0.3) is 0 Å². The minimum absolute atomic E-state index is 0.0296. The van der Waals surface area contributed by atoms with Gasteiger partial charge in [0.15, 0.2) is 6.10 Å². The number of ether oxygens (including phenoxy) is 1. The van der Waals surface area contributed by atoms with Crippen molar-refractivity contribution in [2.24, 2.45) is 0 Å². The highest BCUT2D eigenvalue weighted by atomic mass is 32.2. The Hall–Kier alpha value is -2.71. The van der Waals surface area contributed by atoms with Crippen LogP contribution < -0.4 is 5.32 Å². The number of nitrogens with one attached hydrogen (secondary N) is 1. The van der Waals surface area contributed by atoms with Gasteiger partial charge in [0.05, 0.1) is 10.5 Å². The first-order valence-electron chi connectivity index (χ1n) is 10.5. The third kappa shape index (κ3) is 4.50. The van der Waals surface area contributed by atoms with Crippen molar-refractivity contribution in [2.45, 2.75) is 55.6 Å². The van der Waals surface area contributed by atoms with Gasteiger partial charge < -0.3 is 10.1 Å². The summed E-state index contributed by atoms with van der Waals surface area (Å²) in [6.45, 7) is 0. The smallest absolute Gasteiger partial charge is 0.339 e. The second kappa shape index (κ2) is 8.80. The second-order valence-corrected chi connectivity index (χ2v) is 10.1. The molecule has 1 amide bonds. The van der Waals surface area contributed by atoms with Crippen LogP contribution in [-0.4, -0.2) is 43.8 Å². The topological polar surface area (TPSA) is 92.8 Å². The van der Waals surface area contributed by atoms with Gasteiger partial charge in [-0.2, -0.15) is 4.31 Å². The van der Waals surface area contributed by atoms with Gasteiger partial charge in [-0.05, 0) is 48.7 Å². The molecule has 1 N–H and O–H groups in total. The van der Waals surface area contributed by atoms with Crippen LogP contribution in [0.5, 0.6) is 0 Å². The number of anilines is 1. The number of benzene rings is 2. The molecule has 2 aromatic carbocycles. The van der Waals surface area contributed by atoms with E-state index in [9.17, 15) is 18.0 Å². The van der Waals surface area contributed by atoms with Crippen LogP contribution in [0.4, 0.5) is 5.69 Å². The molecule has 4 rings (SSSR count). The number of carbonyl (C=O) groups is 2. The van der Waals surface area contributed by atoms with Crippen molar-refractivity contribution in [3.05, 3.63) is 59.7 Å². The van der Waals surface area contributed by atoms with Crippen LogP contribution >= 0.6 is 0 Å². The van der Waals surface area contributed by atoms with Gasteiger partial charge in [-0.15, -0.1) is 0 Å². The maximum absolute atomic E-state index is 12.9.